The predicted molar refractivity (Wildman–Crippen MR) is 89.1 cm³/mol. The number of benzene rings is 2. The molecule has 0 saturated carbocycles. The Bertz CT molecular complexity index is 730. The van der Waals surface area contributed by atoms with Crippen molar-refractivity contribution in [3.05, 3.63) is 52.0 Å². The molecule has 0 unspecified atom stereocenters. The van der Waals surface area contributed by atoms with Crippen LogP contribution in [0.5, 0.6) is 11.5 Å². The third kappa shape index (κ3) is 2.46. The van der Waals surface area contributed by atoms with E-state index in [4.69, 9.17) is 9.47 Å². The van der Waals surface area contributed by atoms with E-state index in [1.165, 1.54) is 5.56 Å². The van der Waals surface area contributed by atoms with E-state index in [1.807, 2.05) is 18.2 Å². The van der Waals surface area contributed by atoms with Gasteiger partial charge in [0.2, 0.25) is 0 Å². The number of para-hydroxylation sites is 1. The Hall–Kier alpha value is -2.01. The molecule has 0 spiro atoms. The molecular formula is C17H16BrNO3. The molecule has 4 nitrogen and oxygen atoms in total. The number of halogens is 1. The van der Waals surface area contributed by atoms with Crippen molar-refractivity contribution in [2.45, 2.75) is 6.42 Å². The third-order valence-corrected chi connectivity index (χ3v) is 4.41. The van der Waals surface area contributed by atoms with Gasteiger partial charge in [0.15, 0.2) is 0 Å². The number of fused-ring (bicyclic) bond motifs is 1. The second-order valence-corrected chi connectivity index (χ2v) is 5.88. The second-order valence-electron chi connectivity index (χ2n) is 5.03. The molecule has 2 aromatic carbocycles. The zero-order chi connectivity index (χ0) is 15.7. The van der Waals surface area contributed by atoms with Gasteiger partial charge in [-0.1, -0.05) is 18.2 Å². The topological polar surface area (TPSA) is 38.8 Å². The first-order chi connectivity index (χ1) is 10.7. The lowest BCUT2D eigenvalue weighted by Gasteiger charge is -2.20. The molecule has 114 valence electrons. The minimum absolute atomic E-state index is 0.0820. The fourth-order valence-corrected chi connectivity index (χ4v) is 3.35. The van der Waals surface area contributed by atoms with Crippen LogP contribution in [-0.4, -0.2) is 26.7 Å². The standard InChI is InChI=1S/C17H16BrNO3/c1-21-12-9-13(16(22-2)14(18)10-12)17(20)19-8-7-11-5-3-4-6-15(11)19/h3-6,9-10H,7-8H2,1-2H3. The molecule has 0 bridgehead atoms. The van der Waals surface area contributed by atoms with Gasteiger partial charge in [-0.3, -0.25) is 4.79 Å². The molecule has 0 aliphatic carbocycles. The number of nitrogens with zero attached hydrogens (tertiary/aromatic N) is 1. The number of hydrogen-bond acceptors (Lipinski definition) is 3. The fraction of sp³-hybridized carbons (Fsp3) is 0.235. The molecule has 0 N–H and O–H groups in total. The first kappa shape index (κ1) is 14.9. The maximum atomic E-state index is 13.0. The average molecular weight is 362 g/mol. The lowest BCUT2D eigenvalue weighted by Crippen LogP contribution is -2.29. The summed E-state index contributed by atoms with van der Waals surface area (Å²) in [6.07, 6.45) is 0.870. The van der Waals surface area contributed by atoms with E-state index in [1.54, 1.807) is 31.3 Å². The van der Waals surface area contributed by atoms with E-state index in [-0.39, 0.29) is 5.91 Å². The molecule has 0 atom stereocenters. The summed E-state index contributed by atoms with van der Waals surface area (Å²) < 4.78 is 11.4. The van der Waals surface area contributed by atoms with Gasteiger partial charge in [0.05, 0.1) is 24.3 Å². The van der Waals surface area contributed by atoms with Gasteiger partial charge in [0, 0.05) is 12.2 Å². The number of ether oxygens (including phenoxy) is 2. The maximum Gasteiger partial charge on any atom is 0.262 e. The Balaban J connectivity index is 2.05. The van der Waals surface area contributed by atoms with Crippen LogP contribution in [0.1, 0.15) is 15.9 Å². The number of hydrogen-bond donors (Lipinski definition) is 0. The Morgan fingerprint density at radius 2 is 1.95 bits per heavy atom. The molecular weight excluding hydrogens is 346 g/mol. The van der Waals surface area contributed by atoms with Gasteiger partial charge in [0.1, 0.15) is 11.5 Å². The van der Waals surface area contributed by atoms with Crippen molar-refractivity contribution >= 4 is 27.5 Å². The molecule has 0 fully saturated rings. The number of rotatable bonds is 3. The Labute approximate surface area is 137 Å². The van der Waals surface area contributed by atoms with Crippen LogP contribution in [0.2, 0.25) is 0 Å². The average Bonchev–Trinajstić information content (AvgIpc) is 2.97. The summed E-state index contributed by atoms with van der Waals surface area (Å²) in [4.78, 5) is 14.8. The number of anilines is 1. The minimum atomic E-state index is -0.0820. The zero-order valence-corrected chi connectivity index (χ0v) is 14.0. The summed E-state index contributed by atoms with van der Waals surface area (Å²) in [6.45, 7) is 0.677. The van der Waals surface area contributed by atoms with Crippen LogP contribution in [0.15, 0.2) is 40.9 Å². The highest BCUT2D eigenvalue weighted by molar-refractivity contribution is 9.10. The SMILES string of the molecule is COc1cc(Br)c(OC)c(C(=O)N2CCc3ccccc32)c1. The second kappa shape index (κ2) is 6.01. The monoisotopic (exact) mass is 361 g/mol. The van der Waals surface area contributed by atoms with E-state index in [0.29, 0.717) is 28.1 Å². The molecule has 5 heteroatoms. The van der Waals surface area contributed by atoms with Gasteiger partial charge in [0.25, 0.3) is 5.91 Å². The van der Waals surface area contributed by atoms with Gasteiger partial charge in [-0.05, 0) is 46.1 Å². The van der Waals surface area contributed by atoms with Crippen LogP contribution >= 0.6 is 15.9 Å². The van der Waals surface area contributed by atoms with Crippen molar-refractivity contribution in [2.75, 3.05) is 25.7 Å². The summed E-state index contributed by atoms with van der Waals surface area (Å²) in [5.41, 5.74) is 2.65. The largest absolute Gasteiger partial charge is 0.497 e. The molecule has 1 amide bonds. The Kier molecular flexibility index (Phi) is 4.07. The van der Waals surface area contributed by atoms with E-state index < -0.39 is 0 Å². The summed E-state index contributed by atoms with van der Waals surface area (Å²) >= 11 is 3.43. The first-order valence-corrected chi connectivity index (χ1v) is 7.76. The normalized spacial score (nSPS) is 13.0. The highest BCUT2D eigenvalue weighted by atomic mass is 79.9. The van der Waals surface area contributed by atoms with Crippen molar-refractivity contribution in [2.24, 2.45) is 0 Å². The number of methoxy groups -OCH3 is 2. The molecule has 1 heterocycles. The minimum Gasteiger partial charge on any atom is -0.497 e. The quantitative estimate of drug-likeness (QED) is 0.836. The zero-order valence-electron chi connectivity index (χ0n) is 12.4. The molecule has 0 saturated heterocycles. The van der Waals surface area contributed by atoms with Crippen LogP contribution in [0.4, 0.5) is 5.69 Å². The fourth-order valence-electron chi connectivity index (χ4n) is 2.75. The first-order valence-electron chi connectivity index (χ1n) is 6.97. The van der Waals surface area contributed by atoms with Crippen LogP contribution in [-0.2, 0) is 6.42 Å². The summed E-state index contributed by atoms with van der Waals surface area (Å²) in [5, 5.41) is 0. The van der Waals surface area contributed by atoms with Gasteiger partial charge >= 0.3 is 0 Å². The van der Waals surface area contributed by atoms with Crippen LogP contribution in [0, 0.1) is 0 Å². The number of carbonyl (C=O) groups excluding carboxylic acids is 1. The van der Waals surface area contributed by atoms with Gasteiger partial charge < -0.3 is 14.4 Å². The van der Waals surface area contributed by atoms with Crippen molar-refractivity contribution in [3.63, 3.8) is 0 Å². The summed E-state index contributed by atoms with van der Waals surface area (Å²) in [6, 6.07) is 11.5. The highest BCUT2D eigenvalue weighted by Crippen LogP contribution is 2.36. The van der Waals surface area contributed by atoms with Crippen LogP contribution in [0.3, 0.4) is 0 Å². The van der Waals surface area contributed by atoms with Crippen molar-refractivity contribution in [1.29, 1.82) is 0 Å². The molecule has 1 aliphatic heterocycles. The van der Waals surface area contributed by atoms with E-state index in [0.717, 1.165) is 12.1 Å². The third-order valence-electron chi connectivity index (χ3n) is 3.82. The van der Waals surface area contributed by atoms with Crippen LogP contribution < -0.4 is 14.4 Å². The van der Waals surface area contributed by atoms with E-state index >= 15 is 0 Å². The maximum absolute atomic E-state index is 13.0. The van der Waals surface area contributed by atoms with Crippen molar-refractivity contribution < 1.29 is 14.3 Å². The molecule has 3 rings (SSSR count). The van der Waals surface area contributed by atoms with Gasteiger partial charge in [-0.25, -0.2) is 0 Å². The van der Waals surface area contributed by atoms with Crippen molar-refractivity contribution in [3.8, 4) is 11.5 Å². The molecule has 1 aliphatic rings. The van der Waals surface area contributed by atoms with Crippen LogP contribution in [0.25, 0.3) is 0 Å². The molecule has 22 heavy (non-hydrogen) atoms. The summed E-state index contributed by atoms with van der Waals surface area (Å²) in [7, 11) is 3.13. The van der Waals surface area contributed by atoms with Crippen molar-refractivity contribution in [1.82, 2.24) is 0 Å². The predicted octanol–water partition coefficient (Wildman–Crippen LogP) is 3.67. The molecule has 0 radical (unpaired) electrons. The van der Waals surface area contributed by atoms with Gasteiger partial charge in [-0.15, -0.1) is 0 Å². The summed E-state index contributed by atoms with van der Waals surface area (Å²) in [5.74, 6) is 1.06. The lowest BCUT2D eigenvalue weighted by atomic mass is 10.1. The highest BCUT2D eigenvalue weighted by Gasteiger charge is 2.28. The van der Waals surface area contributed by atoms with E-state index in [2.05, 4.69) is 22.0 Å². The molecule has 0 aromatic heterocycles. The smallest absolute Gasteiger partial charge is 0.262 e. The van der Waals surface area contributed by atoms with Gasteiger partial charge in [-0.2, -0.15) is 0 Å². The molecule has 2 aromatic rings. The number of amides is 1. The number of carbonyl (C=O) groups is 1. The Morgan fingerprint density at radius 1 is 1.18 bits per heavy atom. The lowest BCUT2D eigenvalue weighted by molar-refractivity contribution is 0.0986. The Morgan fingerprint density at radius 3 is 2.68 bits per heavy atom. The van der Waals surface area contributed by atoms with E-state index in [9.17, 15) is 4.79 Å².